The maximum atomic E-state index is 12.5. The summed E-state index contributed by atoms with van der Waals surface area (Å²) >= 11 is 0. The van der Waals surface area contributed by atoms with Crippen LogP contribution in [-0.4, -0.2) is 53.1 Å². The molecule has 0 saturated carbocycles. The Balaban J connectivity index is 2.28. The van der Waals surface area contributed by atoms with Gasteiger partial charge >= 0.3 is 5.97 Å². The Kier molecular flexibility index (Phi) is 6.73. The van der Waals surface area contributed by atoms with Gasteiger partial charge in [0.2, 0.25) is 0 Å². The highest BCUT2D eigenvalue weighted by atomic mass is 32.2. The number of nitrogens with zero attached hydrogens (tertiary/aromatic N) is 1. The number of carbonyl (C=O) groups excluding carboxylic acids is 2. The van der Waals surface area contributed by atoms with Crippen molar-refractivity contribution in [3.63, 3.8) is 0 Å². The van der Waals surface area contributed by atoms with Crippen LogP contribution in [0.15, 0.2) is 47.4 Å². The van der Waals surface area contributed by atoms with E-state index in [4.69, 9.17) is 14.3 Å². The molecule has 9 nitrogen and oxygen atoms in total. The number of esters is 1. The fourth-order valence-corrected chi connectivity index (χ4v) is 3.23. The lowest BCUT2D eigenvalue weighted by atomic mass is 10.1. The molecular weight excluding hydrogens is 388 g/mol. The molecule has 2 aromatic carbocycles. The third kappa shape index (κ3) is 4.47. The number of benzene rings is 2. The molecule has 10 heteroatoms. The van der Waals surface area contributed by atoms with Crippen molar-refractivity contribution in [2.24, 2.45) is 0 Å². The summed E-state index contributed by atoms with van der Waals surface area (Å²) in [6.45, 7) is 0. The number of anilines is 1. The number of hydrogen-bond donors (Lipinski definition) is 1. The number of sulfonamides is 1. The highest BCUT2D eigenvalue weighted by Crippen LogP contribution is 2.24. The predicted octanol–water partition coefficient (Wildman–Crippen LogP) is 1.92. The van der Waals surface area contributed by atoms with E-state index in [2.05, 4.69) is 5.32 Å². The van der Waals surface area contributed by atoms with Crippen molar-refractivity contribution in [1.29, 1.82) is 0 Å². The van der Waals surface area contributed by atoms with Crippen molar-refractivity contribution in [3.8, 4) is 5.75 Å². The van der Waals surface area contributed by atoms with Gasteiger partial charge in [-0.2, -0.15) is 0 Å². The number of hydroxylamine groups is 1. The highest BCUT2D eigenvalue weighted by molar-refractivity contribution is 7.89. The average Bonchev–Trinajstić information content (AvgIpc) is 2.72. The zero-order valence-corrected chi connectivity index (χ0v) is 16.6. The summed E-state index contributed by atoms with van der Waals surface area (Å²) in [6.07, 6.45) is 0. The van der Waals surface area contributed by atoms with Crippen LogP contribution in [0.5, 0.6) is 5.75 Å². The zero-order chi connectivity index (χ0) is 20.9. The molecule has 28 heavy (non-hydrogen) atoms. The van der Waals surface area contributed by atoms with E-state index in [1.165, 1.54) is 64.8 Å². The fraction of sp³-hybridized carbons (Fsp3) is 0.222. The van der Waals surface area contributed by atoms with Crippen molar-refractivity contribution < 1.29 is 32.3 Å². The molecule has 0 atom stereocenters. The summed E-state index contributed by atoms with van der Waals surface area (Å²) in [4.78, 5) is 29.1. The van der Waals surface area contributed by atoms with Gasteiger partial charge in [-0.25, -0.2) is 13.2 Å². The van der Waals surface area contributed by atoms with Crippen molar-refractivity contribution >= 4 is 27.6 Å². The first-order chi connectivity index (χ1) is 13.2. The van der Waals surface area contributed by atoms with Crippen LogP contribution in [0.1, 0.15) is 20.7 Å². The first-order valence-electron chi connectivity index (χ1n) is 7.95. The van der Waals surface area contributed by atoms with E-state index in [-0.39, 0.29) is 21.7 Å². The largest absolute Gasteiger partial charge is 0.497 e. The van der Waals surface area contributed by atoms with Crippen LogP contribution in [0.3, 0.4) is 0 Å². The molecule has 0 radical (unpaired) electrons. The minimum absolute atomic E-state index is 0.0342. The Morgan fingerprint density at radius 2 is 1.64 bits per heavy atom. The minimum Gasteiger partial charge on any atom is -0.497 e. The van der Waals surface area contributed by atoms with Crippen molar-refractivity contribution in [2.75, 3.05) is 33.7 Å². The van der Waals surface area contributed by atoms with Crippen LogP contribution in [0.4, 0.5) is 5.69 Å². The van der Waals surface area contributed by atoms with Gasteiger partial charge in [-0.15, -0.1) is 0 Å². The van der Waals surface area contributed by atoms with Crippen LogP contribution in [0, 0.1) is 0 Å². The summed E-state index contributed by atoms with van der Waals surface area (Å²) in [6, 6.07) is 9.81. The minimum atomic E-state index is -3.82. The Morgan fingerprint density at radius 3 is 2.18 bits per heavy atom. The summed E-state index contributed by atoms with van der Waals surface area (Å²) in [7, 11) is 1.35. The number of rotatable bonds is 7. The lowest BCUT2D eigenvalue weighted by Crippen LogP contribution is -2.25. The molecule has 0 unspecified atom stereocenters. The molecule has 0 aliphatic carbocycles. The van der Waals surface area contributed by atoms with Crippen LogP contribution >= 0.6 is 0 Å². The van der Waals surface area contributed by atoms with Crippen LogP contribution in [-0.2, 0) is 19.6 Å². The smallest absolute Gasteiger partial charge is 0.340 e. The lowest BCUT2D eigenvalue weighted by Gasteiger charge is -2.14. The van der Waals surface area contributed by atoms with Gasteiger partial charge in [-0.05, 0) is 42.5 Å². The van der Waals surface area contributed by atoms with E-state index in [0.29, 0.717) is 10.2 Å². The third-order valence-electron chi connectivity index (χ3n) is 3.89. The molecule has 0 spiro atoms. The van der Waals surface area contributed by atoms with Gasteiger partial charge in [0.25, 0.3) is 15.9 Å². The molecule has 0 saturated heterocycles. The quantitative estimate of drug-likeness (QED) is 0.550. The highest BCUT2D eigenvalue weighted by Gasteiger charge is 2.21. The Bertz CT molecular complexity index is 972. The summed E-state index contributed by atoms with van der Waals surface area (Å²) in [5.74, 6) is -0.743. The number of amides is 1. The molecule has 1 amide bonds. The second-order valence-electron chi connectivity index (χ2n) is 5.48. The Morgan fingerprint density at radius 1 is 1.00 bits per heavy atom. The molecule has 0 bridgehead atoms. The first kappa shape index (κ1) is 21.4. The summed E-state index contributed by atoms with van der Waals surface area (Å²) < 4.78 is 34.9. The van der Waals surface area contributed by atoms with Crippen LogP contribution < -0.4 is 10.1 Å². The predicted molar refractivity (Wildman–Crippen MR) is 101 cm³/mol. The van der Waals surface area contributed by atoms with Crippen LogP contribution in [0.25, 0.3) is 0 Å². The zero-order valence-electron chi connectivity index (χ0n) is 15.8. The number of nitrogens with one attached hydrogen (secondary N) is 1. The number of ether oxygens (including phenoxy) is 2. The number of hydrogen-bond acceptors (Lipinski definition) is 7. The van der Waals surface area contributed by atoms with Gasteiger partial charge in [0.05, 0.1) is 37.5 Å². The molecular formula is C18H20N2O7S. The van der Waals surface area contributed by atoms with Gasteiger partial charge in [0, 0.05) is 12.6 Å². The van der Waals surface area contributed by atoms with Gasteiger partial charge in [-0.1, -0.05) is 4.47 Å². The third-order valence-corrected chi connectivity index (χ3v) is 5.58. The molecule has 0 aromatic heterocycles. The molecule has 1 N–H and O–H groups in total. The molecule has 0 heterocycles. The SMILES string of the molecule is COC(=O)c1cc(OC)ccc1NC(=O)c1ccc(S(=O)(=O)N(C)OC)cc1. The summed E-state index contributed by atoms with van der Waals surface area (Å²) in [5, 5.41) is 2.61. The summed E-state index contributed by atoms with van der Waals surface area (Å²) in [5.41, 5.74) is 0.551. The standard InChI is InChI=1S/C18H20N2O7S/c1-20(27-4)28(23,24)14-8-5-12(6-9-14)17(21)19-16-10-7-13(25-2)11-15(16)18(22)26-3/h5-11H,1-4H3,(H,19,21). The second kappa shape index (κ2) is 8.83. The first-order valence-corrected chi connectivity index (χ1v) is 9.39. The van der Waals surface area contributed by atoms with E-state index in [1.807, 2.05) is 0 Å². The van der Waals surface area contributed by atoms with E-state index in [1.54, 1.807) is 6.07 Å². The average molecular weight is 408 g/mol. The number of carbonyl (C=O) groups is 2. The lowest BCUT2D eigenvalue weighted by molar-refractivity contribution is -0.0258. The Hall–Kier alpha value is -2.95. The fourth-order valence-electron chi connectivity index (χ4n) is 2.26. The molecule has 2 rings (SSSR count). The maximum absolute atomic E-state index is 12.5. The van der Waals surface area contributed by atoms with E-state index in [9.17, 15) is 18.0 Å². The Labute approximate surface area is 162 Å². The van der Waals surface area contributed by atoms with Crippen molar-refractivity contribution in [3.05, 3.63) is 53.6 Å². The molecule has 0 aliphatic rings. The maximum Gasteiger partial charge on any atom is 0.340 e. The van der Waals surface area contributed by atoms with Gasteiger partial charge in [0.15, 0.2) is 0 Å². The monoisotopic (exact) mass is 408 g/mol. The van der Waals surface area contributed by atoms with Crippen LogP contribution in [0.2, 0.25) is 0 Å². The van der Waals surface area contributed by atoms with Gasteiger partial charge in [-0.3, -0.25) is 9.63 Å². The molecule has 0 fully saturated rings. The van der Waals surface area contributed by atoms with Gasteiger partial charge in [0.1, 0.15) is 5.75 Å². The number of methoxy groups -OCH3 is 2. The van der Waals surface area contributed by atoms with Gasteiger partial charge < -0.3 is 14.8 Å². The van der Waals surface area contributed by atoms with Crippen molar-refractivity contribution in [1.82, 2.24) is 4.47 Å². The van der Waals surface area contributed by atoms with Crippen molar-refractivity contribution in [2.45, 2.75) is 4.90 Å². The van der Waals surface area contributed by atoms with E-state index < -0.39 is 21.9 Å². The molecule has 150 valence electrons. The molecule has 2 aromatic rings. The topological polar surface area (TPSA) is 111 Å². The van der Waals surface area contributed by atoms with E-state index in [0.717, 1.165) is 0 Å². The second-order valence-corrected chi connectivity index (χ2v) is 7.41. The van der Waals surface area contributed by atoms with E-state index >= 15 is 0 Å². The molecule has 0 aliphatic heterocycles. The normalized spacial score (nSPS) is 11.2.